The monoisotopic (exact) mass is 462 g/mol. The van der Waals surface area contributed by atoms with E-state index in [9.17, 15) is 19.2 Å². The molecule has 0 spiro atoms. The minimum Gasteiger partial charge on any atom is -0.462 e. The van der Waals surface area contributed by atoms with Gasteiger partial charge in [0.15, 0.2) is 0 Å². The van der Waals surface area contributed by atoms with Gasteiger partial charge in [0.05, 0.1) is 23.1 Å². The van der Waals surface area contributed by atoms with Gasteiger partial charge in [-0.25, -0.2) is 9.78 Å². The van der Waals surface area contributed by atoms with Crippen molar-refractivity contribution in [1.82, 2.24) is 9.55 Å². The quantitative estimate of drug-likeness (QED) is 0.429. The Morgan fingerprint density at radius 3 is 2.41 bits per heavy atom. The maximum atomic E-state index is 13.0. The number of fused-ring (bicyclic) bond motifs is 2. The molecule has 0 fully saturated rings. The topological polar surface area (TPSA) is 119 Å². The Labute approximate surface area is 196 Å². The van der Waals surface area contributed by atoms with Crippen LogP contribution < -0.4 is 16.2 Å². The van der Waals surface area contributed by atoms with Crippen LogP contribution in [0.4, 0.5) is 11.4 Å². The second-order valence-corrected chi connectivity index (χ2v) is 8.10. The lowest BCUT2D eigenvalue weighted by atomic mass is 10.2. The van der Waals surface area contributed by atoms with Crippen LogP contribution in [-0.2, 0) is 27.3 Å². The van der Waals surface area contributed by atoms with Crippen LogP contribution in [-0.4, -0.2) is 33.9 Å². The van der Waals surface area contributed by atoms with Crippen LogP contribution in [0, 0.1) is 0 Å². The van der Waals surface area contributed by atoms with Gasteiger partial charge < -0.3 is 15.4 Å². The fourth-order valence-corrected chi connectivity index (χ4v) is 3.96. The molecule has 34 heavy (non-hydrogen) atoms. The number of nitrogens with zero attached hydrogens (tertiary/aromatic N) is 2. The molecule has 0 unspecified atom stereocenters. The van der Waals surface area contributed by atoms with Crippen molar-refractivity contribution >= 4 is 40.1 Å². The third-order valence-corrected chi connectivity index (χ3v) is 5.60. The number of hydrogen-bond donors (Lipinski definition) is 2. The van der Waals surface area contributed by atoms with E-state index in [1.807, 2.05) is 0 Å². The van der Waals surface area contributed by atoms with E-state index in [0.29, 0.717) is 34.4 Å². The molecule has 2 heterocycles. The van der Waals surface area contributed by atoms with E-state index in [1.54, 1.807) is 41.8 Å². The van der Waals surface area contributed by atoms with Gasteiger partial charge in [-0.2, -0.15) is 0 Å². The summed E-state index contributed by atoms with van der Waals surface area (Å²) in [4.78, 5) is 54.0. The summed E-state index contributed by atoms with van der Waals surface area (Å²) >= 11 is 0. The van der Waals surface area contributed by atoms with Crippen molar-refractivity contribution in [3.63, 3.8) is 0 Å². The van der Waals surface area contributed by atoms with Crippen LogP contribution in [0.3, 0.4) is 0 Å². The average Bonchev–Trinajstić information content (AvgIpc) is 3.06. The Morgan fingerprint density at radius 2 is 1.68 bits per heavy atom. The molecule has 1 aromatic heterocycles. The number of aryl methyl sites for hydroxylation is 1. The van der Waals surface area contributed by atoms with E-state index >= 15 is 0 Å². The summed E-state index contributed by atoms with van der Waals surface area (Å²) in [6, 6.07) is 11.2. The largest absolute Gasteiger partial charge is 0.462 e. The minimum absolute atomic E-state index is 0.109. The van der Waals surface area contributed by atoms with Gasteiger partial charge >= 0.3 is 5.97 Å². The Morgan fingerprint density at radius 1 is 0.971 bits per heavy atom. The predicted octanol–water partition coefficient (Wildman–Crippen LogP) is 3.27. The van der Waals surface area contributed by atoms with E-state index in [4.69, 9.17) is 4.74 Å². The van der Waals surface area contributed by atoms with Gasteiger partial charge in [-0.1, -0.05) is 6.42 Å². The zero-order chi connectivity index (χ0) is 24.1. The van der Waals surface area contributed by atoms with Crippen LogP contribution in [0.2, 0.25) is 0 Å². The number of hydrogen-bond acceptors (Lipinski definition) is 6. The van der Waals surface area contributed by atoms with E-state index in [-0.39, 0.29) is 12.2 Å². The number of ether oxygens (including phenoxy) is 1. The third kappa shape index (κ3) is 5.31. The second kappa shape index (κ2) is 10.3. The van der Waals surface area contributed by atoms with E-state index in [2.05, 4.69) is 15.6 Å². The van der Waals surface area contributed by atoms with Gasteiger partial charge in [0.25, 0.3) is 5.56 Å². The van der Waals surface area contributed by atoms with Gasteiger partial charge in [-0.15, -0.1) is 0 Å². The van der Waals surface area contributed by atoms with Crippen LogP contribution in [0.5, 0.6) is 0 Å². The van der Waals surface area contributed by atoms with Gasteiger partial charge in [0.2, 0.25) is 11.8 Å². The highest BCUT2D eigenvalue weighted by Gasteiger charge is 2.15. The summed E-state index contributed by atoms with van der Waals surface area (Å²) in [5.74, 6) is -0.656. The maximum Gasteiger partial charge on any atom is 0.338 e. The molecule has 0 saturated carbocycles. The van der Waals surface area contributed by atoms with Crippen molar-refractivity contribution in [2.45, 2.75) is 45.6 Å². The first-order valence-corrected chi connectivity index (χ1v) is 11.3. The molecule has 1 aliphatic rings. The SMILES string of the molecule is CCOC(=O)c1ccc(NC(=O)CC(=O)Nc2ccc3nc4n(c(=O)c3c2)CCCCC4)cc1. The van der Waals surface area contributed by atoms with E-state index < -0.39 is 24.2 Å². The number of aromatic nitrogens is 2. The molecule has 0 atom stereocenters. The molecule has 9 heteroatoms. The Hall–Kier alpha value is -4.01. The lowest BCUT2D eigenvalue weighted by Crippen LogP contribution is -2.25. The zero-order valence-electron chi connectivity index (χ0n) is 18.9. The summed E-state index contributed by atoms with van der Waals surface area (Å²) in [6.45, 7) is 2.64. The molecule has 1 aliphatic heterocycles. The number of amides is 2. The number of carbonyl (C=O) groups excluding carboxylic acids is 3. The molecular weight excluding hydrogens is 436 g/mol. The second-order valence-electron chi connectivity index (χ2n) is 8.10. The maximum absolute atomic E-state index is 13.0. The Bertz CT molecular complexity index is 1300. The van der Waals surface area contributed by atoms with Crippen molar-refractivity contribution in [2.24, 2.45) is 0 Å². The van der Waals surface area contributed by atoms with Crippen molar-refractivity contribution in [3.05, 3.63) is 64.2 Å². The van der Waals surface area contributed by atoms with Gasteiger partial charge in [0.1, 0.15) is 12.2 Å². The molecule has 0 bridgehead atoms. The number of nitrogens with one attached hydrogen (secondary N) is 2. The molecular formula is C25H26N4O5. The summed E-state index contributed by atoms with van der Waals surface area (Å²) in [6.07, 6.45) is 3.41. The third-order valence-electron chi connectivity index (χ3n) is 5.60. The van der Waals surface area contributed by atoms with Crippen LogP contribution in [0.25, 0.3) is 10.9 Å². The molecule has 4 rings (SSSR count). The standard InChI is InChI=1S/C25H26N4O5/c1-2-34-25(33)16-7-9-17(10-8-16)26-22(30)15-23(31)27-18-11-12-20-19(14-18)24(32)29-13-5-3-4-6-21(29)28-20/h7-12,14H,2-6,13,15H2,1H3,(H,26,30)(H,27,31). The van der Waals surface area contributed by atoms with E-state index in [1.165, 1.54) is 12.1 Å². The molecule has 3 aromatic rings. The highest BCUT2D eigenvalue weighted by molar-refractivity contribution is 6.08. The number of anilines is 2. The zero-order valence-corrected chi connectivity index (χ0v) is 18.9. The first kappa shape index (κ1) is 23.2. The summed E-state index contributed by atoms with van der Waals surface area (Å²) in [5.41, 5.74) is 1.74. The van der Waals surface area contributed by atoms with Gasteiger partial charge in [-0.3, -0.25) is 19.0 Å². The van der Waals surface area contributed by atoms with Crippen LogP contribution >= 0.6 is 0 Å². The van der Waals surface area contributed by atoms with Crippen molar-refractivity contribution in [3.8, 4) is 0 Å². The molecule has 0 aliphatic carbocycles. The smallest absolute Gasteiger partial charge is 0.338 e. The highest BCUT2D eigenvalue weighted by atomic mass is 16.5. The van der Waals surface area contributed by atoms with Crippen molar-refractivity contribution < 1.29 is 19.1 Å². The molecule has 0 radical (unpaired) electrons. The Balaban J connectivity index is 1.40. The lowest BCUT2D eigenvalue weighted by molar-refractivity contribution is -0.123. The lowest BCUT2D eigenvalue weighted by Gasteiger charge is -2.11. The van der Waals surface area contributed by atoms with Crippen LogP contribution in [0.1, 0.15) is 48.8 Å². The fraction of sp³-hybridized carbons (Fsp3) is 0.320. The van der Waals surface area contributed by atoms with E-state index in [0.717, 1.165) is 31.5 Å². The first-order valence-electron chi connectivity index (χ1n) is 11.3. The highest BCUT2D eigenvalue weighted by Crippen LogP contribution is 2.19. The molecule has 9 nitrogen and oxygen atoms in total. The fourth-order valence-electron chi connectivity index (χ4n) is 3.96. The van der Waals surface area contributed by atoms with Gasteiger partial charge in [0, 0.05) is 24.3 Å². The molecule has 2 N–H and O–H groups in total. The molecule has 2 aromatic carbocycles. The first-order chi connectivity index (χ1) is 16.4. The minimum atomic E-state index is -0.511. The number of benzene rings is 2. The molecule has 2 amide bonds. The summed E-state index contributed by atoms with van der Waals surface area (Å²) < 4.78 is 6.64. The van der Waals surface area contributed by atoms with Gasteiger partial charge in [-0.05, 0) is 62.2 Å². The summed E-state index contributed by atoms with van der Waals surface area (Å²) in [7, 11) is 0. The summed E-state index contributed by atoms with van der Waals surface area (Å²) in [5, 5.41) is 5.73. The van der Waals surface area contributed by atoms with Crippen molar-refractivity contribution in [2.75, 3.05) is 17.2 Å². The average molecular weight is 463 g/mol. The van der Waals surface area contributed by atoms with Crippen LogP contribution in [0.15, 0.2) is 47.3 Å². The number of carbonyl (C=O) groups is 3. The normalized spacial score (nSPS) is 13.0. The predicted molar refractivity (Wildman–Crippen MR) is 128 cm³/mol. The molecule has 176 valence electrons. The Kier molecular flexibility index (Phi) is 7.01. The van der Waals surface area contributed by atoms with Crippen molar-refractivity contribution in [1.29, 1.82) is 0 Å². The number of esters is 1. The number of rotatable bonds is 6. The molecule has 0 saturated heterocycles.